The topological polar surface area (TPSA) is 55.1 Å². The van der Waals surface area contributed by atoms with Crippen molar-refractivity contribution in [3.8, 4) is 17.6 Å². The molecule has 0 amide bonds. The molecule has 0 unspecified atom stereocenters. The summed E-state index contributed by atoms with van der Waals surface area (Å²) in [6.45, 7) is 1.38. The Kier molecular flexibility index (Phi) is 4.27. The Bertz CT molecular complexity index is 682. The molecule has 0 atom stereocenters. The average Bonchev–Trinajstić information content (AvgIpc) is 2.78. The second-order valence-corrected chi connectivity index (χ2v) is 5.62. The number of benzene rings is 1. The second kappa shape index (κ2) is 6.51. The van der Waals surface area contributed by atoms with E-state index in [0.29, 0.717) is 24.7 Å². The molecule has 1 aromatic heterocycles. The van der Waals surface area contributed by atoms with Gasteiger partial charge >= 0.3 is 0 Å². The molecule has 1 aromatic carbocycles. The van der Waals surface area contributed by atoms with E-state index in [9.17, 15) is 0 Å². The van der Waals surface area contributed by atoms with E-state index in [1.54, 1.807) is 18.0 Å². The number of fused-ring (bicyclic) bond motifs is 1. The molecule has 0 N–H and O–H groups in total. The third kappa shape index (κ3) is 3.29. The highest BCUT2D eigenvalue weighted by molar-refractivity contribution is 7.98. The van der Waals surface area contributed by atoms with Crippen molar-refractivity contribution in [1.82, 2.24) is 4.98 Å². The lowest BCUT2D eigenvalue weighted by Gasteiger charge is -2.09. The number of nitriles is 1. The Morgan fingerprint density at radius 2 is 2.05 bits per heavy atom. The van der Waals surface area contributed by atoms with Crippen molar-refractivity contribution in [2.75, 3.05) is 13.2 Å². The molecule has 2 heterocycles. The fourth-order valence-corrected chi connectivity index (χ4v) is 2.96. The van der Waals surface area contributed by atoms with Crippen LogP contribution in [0.3, 0.4) is 0 Å². The number of hydrogen-bond donors (Lipinski definition) is 0. The molecular formula is C16H14N2O2S. The number of hydrogen-bond acceptors (Lipinski definition) is 5. The molecule has 0 bridgehead atoms. The molecule has 0 spiro atoms. The summed E-state index contributed by atoms with van der Waals surface area (Å²) in [5.41, 5.74) is 1.43. The predicted octanol–water partition coefficient (Wildman–Crippen LogP) is 3.41. The number of rotatable bonds is 3. The van der Waals surface area contributed by atoms with Crippen molar-refractivity contribution in [3.63, 3.8) is 0 Å². The highest BCUT2D eigenvalue weighted by Crippen LogP contribution is 2.35. The zero-order chi connectivity index (χ0) is 14.5. The number of ether oxygens (including phenoxy) is 2. The summed E-state index contributed by atoms with van der Waals surface area (Å²) in [4.78, 5) is 5.16. The number of thioether (sulfide) groups is 1. The first kappa shape index (κ1) is 13.8. The van der Waals surface area contributed by atoms with Crippen molar-refractivity contribution >= 4 is 11.8 Å². The molecule has 1 aliphatic heterocycles. The van der Waals surface area contributed by atoms with Gasteiger partial charge in [0.25, 0.3) is 0 Å². The molecule has 0 saturated heterocycles. The van der Waals surface area contributed by atoms with Crippen molar-refractivity contribution < 1.29 is 9.47 Å². The molecule has 4 nitrogen and oxygen atoms in total. The van der Waals surface area contributed by atoms with Crippen molar-refractivity contribution in [3.05, 3.63) is 47.8 Å². The molecular weight excluding hydrogens is 284 g/mol. The Balaban J connectivity index is 1.74. The van der Waals surface area contributed by atoms with Crippen LogP contribution in [0.2, 0.25) is 0 Å². The highest BCUT2D eigenvalue weighted by atomic mass is 32.2. The van der Waals surface area contributed by atoms with Crippen LogP contribution in [0.5, 0.6) is 11.5 Å². The van der Waals surface area contributed by atoms with Gasteiger partial charge in [-0.1, -0.05) is 6.07 Å². The van der Waals surface area contributed by atoms with E-state index in [1.807, 2.05) is 30.3 Å². The first-order valence-electron chi connectivity index (χ1n) is 6.73. The Morgan fingerprint density at radius 1 is 1.19 bits per heavy atom. The van der Waals surface area contributed by atoms with Gasteiger partial charge in [-0.15, -0.1) is 11.8 Å². The van der Waals surface area contributed by atoms with Gasteiger partial charge in [-0.05, 0) is 29.8 Å². The molecule has 21 heavy (non-hydrogen) atoms. The first-order chi connectivity index (χ1) is 10.4. The second-order valence-electron chi connectivity index (χ2n) is 4.57. The van der Waals surface area contributed by atoms with E-state index < -0.39 is 0 Å². The minimum atomic E-state index is 0.486. The maximum atomic E-state index is 9.05. The molecule has 5 heteroatoms. The van der Waals surface area contributed by atoms with Gasteiger partial charge in [0.1, 0.15) is 11.8 Å². The van der Waals surface area contributed by atoms with Crippen molar-refractivity contribution in [2.45, 2.75) is 17.1 Å². The zero-order valence-electron chi connectivity index (χ0n) is 11.4. The van der Waals surface area contributed by atoms with Crippen LogP contribution in [0.15, 0.2) is 41.4 Å². The van der Waals surface area contributed by atoms with Crippen molar-refractivity contribution in [1.29, 1.82) is 5.26 Å². The van der Waals surface area contributed by atoms with E-state index in [1.165, 1.54) is 0 Å². The van der Waals surface area contributed by atoms with Crippen LogP contribution >= 0.6 is 11.8 Å². The lowest BCUT2D eigenvalue weighted by Crippen LogP contribution is -1.97. The molecule has 0 radical (unpaired) electrons. The molecule has 2 aromatic rings. The van der Waals surface area contributed by atoms with Gasteiger partial charge in [0, 0.05) is 23.3 Å². The SMILES string of the molecule is N#Cc1ncccc1CSc1ccc2c(c1)OCCCO2. The number of nitrogens with zero attached hydrogens (tertiary/aromatic N) is 2. The standard InChI is InChI=1S/C16H14N2O2S/c17-10-14-12(3-1-6-18-14)11-21-13-4-5-15-16(9-13)20-8-2-7-19-15/h1,3-6,9H,2,7-8,11H2. The van der Waals surface area contributed by atoms with Crippen LogP contribution in [0.25, 0.3) is 0 Å². The van der Waals surface area contributed by atoms with Crippen LogP contribution in [-0.2, 0) is 5.75 Å². The minimum absolute atomic E-state index is 0.486. The van der Waals surface area contributed by atoms with Gasteiger partial charge in [0.05, 0.1) is 13.2 Å². The van der Waals surface area contributed by atoms with Crippen molar-refractivity contribution in [2.24, 2.45) is 0 Å². The molecule has 1 aliphatic rings. The van der Waals surface area contributed by atoms with Crippen LogP contribution in [0.4, 0.5) is 0 Å². The summed E-state index contributed by atoms with van der Waals surface area (Å²) in [7, 11) is 0. The molecule has 3 rings (SSSR count). The summed E-state index contributed by atoms with van der Waals surface area (Å²) in [5.74, 6) is 2.30. The fraction of sp³-hybridized carbons (Fsp3) is 0.250. The van der Waals surface area contributed by atoms with Gasteiger partial charge < -0.3 is 9.47 Å². The largest absolute Gasteiger partial charge is 0.490 e. The van der Waals surface area contributed by atoms with Crippen LogP contribution in [0.1, 0.15) is 17.7 Å². The van der Waals surface area contributed by atoms with Crippen LogP contribution in [0, 0.1) is 11.3 Å². The zero-order valence-corrected chi connectivity index (χ0v) is 12.2. The van der Waals surface area contributed by atoms with E-state index in [2.05, 4.69) is 11.1 Å². The maximum Gasteiger partial charge on any atom is 0.162 e. The summed E-state index contributed by atoms with van der Waals surface area (Å²) < 4.78 is 11.3. The van der Waals surface area contributed by atoms with E-state index >= 15 is 0 Å². The number of pyridine rings is 1. The van der Waals surface area contributed by atoms with E-state index in [0.717, 1.165) is 28.4 Å². The quantitative estimate of drug-likeness (QED) is 0.813. The lowest BCUT2D eigenvalue weighted by molar-refractivity contribution is 0.297. The summed E-state index contributed by atoms with van der Waals surface area (Å²) in [6, 6.07) is 11.9. The van der Waals surface area contributed by atoms with Gasteiger partial charge in [-0.3, -0.25) is 0 Å². The highest BCUT2D eigenvalue weighted by Gasteiger charge is 2.11. The molecule has 0 saturated carbocycles. The minimum Gasteiger partial charge on any atom is -0.490 e. The number of aromatic nitrogens is 1. The van der Waals surface area contributed by atoms with E-state index in [-0.39, 0.29) is 0 Å². The predicted molar refractivity (Wildman–Crippen MR) is 80.6 cm³/mol. The van der Waals surface area contributed by atoms with Crippen LogP contribution < -0.4 is 9.47 Å². The molecule has 0 fully saturated rings. The van der Waals surface area contributed by atoms with Gasteiger partial charge in [-0.25, -0.2) is 4.98 Å². The third-order valence-corrected chi connectivity index (χ3v) is 4.15. The van der Waals surface area contributed by atoms with Crippen LogP contribution in [-0.4, -0.2) is 18.2 Å². The summed E-state index contributed by atoms with van der Waals surface area (Å²) in [5, 5.41) is 9.05. The normalized spacial score (nSPS) is 13.3. The summed E-state index contributed by atoms with van der Waals surface area (Å²) >= 11 is 1.66. The first-order valence-corrected chi connectivity index (χ1v) is 7.72. The lowest BCUT2D eigenvalue weighted by atomic mass is 10.2. The van der Waals surface area contributed by atoms with E-state index in [4.69, 9.17) is 14.7 Å². The Labute approximate surface area is 127 Å². The average molecular weight is 298 g/mol. The van der Waals surface area contributed by atoms with Gasteiger partial charge in [0.2, 0.25) is 0 Å². The smallest absolute Gasteiger partial charge is 0.162 e. The monoisotopic (exact) mass is 298 g/mol. The Morgan fingerprint density at radius 3 is 2.90 bits per heavy atom. The maximum absolute atomic E-state index is 9.05. The fourth-order valence-electron chi connectivity index (χ4n) is 2.05. The Hall–Kier alpha value is -2.19. The molecule has 106 valence electrons. The van der Waals surface area contributed by atoms with Gasteiger partial charge in [-0.2, -0.15) is 5.26 Å². The summed E-state index contributed by atoms with van der Waals surface area (Å²) in [6.07, 6.45) is 2.54. The van der Waals surface area contributed by atoms with Gasteiger partial charge in [0.15, 0.2) is 11.5 Å². The third-order valence-electron chi connectivity index (χ3n) is 3.11. The molecule has 0 aliphatic carbocycles.